The van der Waals surface area contributed by atoms with Crippen molar-refractivity contribution in [1.29, 1.82) is 0 Å². The van der Waals surface area contributed by atoms with Gasteiger partial charge in [-0.15, -0.1) is 0 Å². The predicted molar refractivity (Wildman–Crippen MR) is 93.6 cm³/mol. The van der Waals surface area contributed by atoms with Gasteiger partial charge in [0.25, 0.3) is 5.91 Å². The number of carbonyl (C=O) groups is 3. The molecule has 0 saturated carbocycles. The number of methoxy groups -OCH3 is 1. The molecule has 0 bridgehead atoms. The van der Waals surface area contributed by atoms with Crippen LogP contribution in [0.5, 0.6) is 5.75 Å². The molecule has 0 aliphatic carbocycles. The number of esters is 1. The van der Waals surface area contributed by atoms with E-state index >= 15 is 0 Å². The van der Waals surface area contributed by atoms with Crippen molar-refractivity contribution in [2.75, 3.05) is 26.0 Å². The van der Waals surface area contributed by atoms with E-state index in [4.69, 9.17) is 26.8 Å². The highest BCUT2D eigenvalue weighted by Crippen LogP contribution is 2.29. The molecule has 0 spiro atoms. The van der Waals surface area contributed by atoms with Gasteiger partial charge in [-0.2, -0.15) is 0 Å². The number of nitrogen functional groups attached to an aromatic ring is 1. The Morgan fingerprint density at radius 1 is 1.32 bits per heavy atom. The zero-order valence-electron chi connectivity index (χ0n) is 14.3. The molecule has 8 nitrogen and oxygen atoms in total. The van der Waals surface area contributed by atoms with Gasteiger partial charge in [-0.25, -0.2) is 4.79 Å². The zero-order chi connectivity index (χ0) is 19.0. The first kappa shape index (κ1) is 20.6. The van der Waals surface area contributed by atoms with Gasteiger partial charge in [-0.1, -0.05) is 18.5 Å². The third-order valence-corrected chi connectivity index (χ3v) is 3.52. The molecule has 0 saturated heterocycles. The summed E-state index contributed by atoms with van der Waals surface area (Å²) in [5.74, 6) is -1.53. The molecule has 0 fully saturated rings. The van der Waals surface area contributed by atoms with Crippen molar-refractivity contribution >= 4 is 35.1 Å². The lowest BCUT2D eigenvalue weighted by Crippen LogP contribution is -2.46. The Labute approximate surface area is 151 Å². The highest BCUT2D eigenvalue weighted by molar-refractivity contribution is 6.33. The molecule has 25 heavy (non-hydrogen) atoms. The van der Waals surface area contributed by atoms with Crippen LogP contribution in [-0.2, 0) is 14.3 Å². The van der Waals surface area contributed by atoms with E-state index in [1.54, 1.807) is 0 Å². The summed E-state index contributed by atoms with van der Waals surface area (Å²) in [5, 5.41) is 5.25. The Morgan fingerprint density at radius 3 is 2.60 bits per heavy atom. The number of amides is 2. The Kier molecular flexibility index (Phi) is 8.00. The van der Waals surface area contributed by atoms with Crippen LogP contribution in [0.15, 0.2) is 12.1 Å². The summed E-state index contributed by atoms with van der Waals surface area (Å²) >= 11 is 5.88. The quantitative estimate of drug-likeness (QED) is 0.465. The lowest BCUT2D eigenvalue weighted by molar-refractivity contribution is -0.130. The van der Waals surface area contributed by atoms with E-state index in [2.05, 4.69) is 10.6 Å². The van der Waals surface area contributed by atoms with Crippen LogP contribution in [0.1, 0.15) is 30.6 Å². The number of hydrogen-bond donors (Lipinski definition) is 3. The maximum atomic E-state index is 12.1. The fourth-order valence-corrected chi connectivity index (χ4v) is 2.02. The van der Waals surface area contributed by atoms with Gasteiger partial charge in [-0.05, 0) is 19.4 Å². The molecule has 0 aromatic heterocycles. The fraction of sp³-hybridized carbons (Fsp3) is 0.438. The number of carbonyl (C=O) groups excluding carboxylic acids is 3. The summed E-state index contributed by atoms with van der Waals surface area (Å²) < 4.78 is 9.98. The summed E-state index contributed by atoms with van der Waals surface area (Å²) in [6, 6.07) is 1.95. The fourth-order valence-electron chi connectivity index (χ4n) is 1.86. The topological polar surface area (TPSA) is 120 Å². The second kappa shape index (κ2) is 9.73. The van der Waals surface area contributed by atoms with Gasteiger partial charge >= 0.3 is 5.97 Å². The molecule has 0 unspecified atom stereocenters. The number of ether oxygens (including phenoxy) is 2. The van der Waals surface area contributed by atoms with E-state index in [0.717, 1.165) is 6.42 Å². The third kappa shape index (κ3) is 6.15. The van der Waals surface area contributed by atoms with Crippen LogP contribution in [0.2, 0.25) is 5.02 Å². The molecule has 1 atom stereocenters. The Hall–Kier alpha value is -2.48. The highest BCUT2D eigenvalue weighted by Gasteiger charge is 2.19. The van der Waals surface area contributed by atoms with Crippen LogP contribution in [0.25, 0.3) is 0 Å². The molecule has 1 rings (SSSR count). The lowest BCUT2D eigenvalue weighted by Gasteiger charge is -2.14. The van der Waals surface area contributed by atoms with E-state index < -0.39 is 24.5 Å². The maximum absolute atomic E-state index is 12.1. The van der Waals surface area contributed by atoms with E-state index in [1.165, 1.54) is 26.2 Å². The van der Waals surface area contributed by atoms with E-state index in [0.29, 0.717) is 6.54 Å². The average Bonchev–Trinajstić information content (AvgIpc) is 2.59. The summed E-state index contributed by atoms with van der Waals surface area (Å²) in [7, 11) is 1.36. The van der Waals surface area contributed by atoms with Crippen molar-refractivity contribution in [3.05, 3.63) is 22.7 Å². The summed E-state index contributed by atoms with van der Waals surface area (Å²) in [4.78, 5) is 35.6. The molecule has 9 heteroatoms. The largest absolute Gasteiger partial charge is 0.496 e. The number of anilines is 1. The average molecular weight is 372 g/mol. The predicted octanol–water partition coefficient (Wildman–Crippen LogP) is 1.12. The van der Waals surface area contributed by atoms with Crippen LogP contribution in [0.4, 0.5) is 5.69 Å². The van der Waals surface area contributed by atoms with Gasteiger partial charge in [0.2, 0.25) is 5.91 Å². The number of nitrogens with one attached hydrogen (secondary N) is 2. The maximum Gasteiger partial charge on any atom is 0.342 e. The van der Waals surface area contributed by atoms with Crippen LogP contribution < -0.4 is 21.1 Å². The van der Waals surface area contributed by atoms with Crippen LogP contribution in [0.3, 0.4) is 0 Å². The van der Waals surface area contributed by atoms with Crippen LogP contribution in [0, 0.1) is 0 Å². The second-order valence-corrected chi connectivity index (χ2v) is 5.64. The van der Waals surface area contributed by atoms with Crippen molar-refractivity contribution < 1.29 is 23.9 Å². The molecule has 4 N–H and O–H groups in total. The van der Waals surface area contributed by atoms with Crippen molar-refractivity contribution in [1.82, 2.24) is 10.6 Å². The number of rotatable bonds is 8. The first-order chi connectivity index (χ1) is 11.8. The molecule has 1 aromatic carbocycles. The number of hydrogen-bond acceptors (Lipinski definition) is 6. The zero-order valence-corrected chi connectivity index (χ0v) is 15.1. The minimum absolute atomic E-state index is 0.0447. The van der Waals surface area contributed by atoms with Crippen molar-refractivity contribution in [2.45, 2.75) is 26.3 Å². The van der Waals surface area contributed by atoms with Gasteiger partial charge < -0.3 is 25.8 Å². The molecule has 0 radical (unpaired) electrons. The number of nitrogens with two attached hydrogens (primary N) is 1. The molecule has 2 amide bonds. The van der Waals surface area contributed by atoms with Crippen LogP contribution >= 0.6 is 11.6 Å². The molecule has 0 heterocycles. The monoisotopic (exact) mass is 371 g/mol. The van der Waals surface area contributed by atoms with Gasteiger partial charge in [-0.3, -0.25) is 9.59 Å². The molecular weight excluding hydrogens is 350 g/mol. The Bertz CT molecular complexity index is 651. The second-order valence-electron chi connectivity index (χ2n) is 5.23. The number of halogens is 1. The van der Waals surface area contributed by atoms with Gasteiger partial charge in [0, 0.05) is 12.6 Å². The highest BCUT2D eigenvalue weighted by atomic mass is 35.5. The molecule has 1 aromatic rings. The van der Waals surface area contributed by atoms with Gasteiger partial charge in [0.15, 0.2) is 6.61 Å². The lowest BCUT2D eigenvalue weighted by atomic mass is 10.2. The molecule has 138 valence electrons. The van der Waals surface area contributed by atoms with Crippen LogP contribution in [-0.4, -0.2) is 44.1 Å². The third-order valence-electron chi connectivity index (χ3n) is 3.19. The van der Waals surface area contributed by atoms with E-state index in [9.17, 15) is 14.4 Å². The number of benzene rings is 1. The van der Waals surface area contributed by atoms with Gasteiger partial charge in [0.1, 0.15) is 17.4 Å². The summed E-state index contributed by atoms with van der Waals surface area (Å²) in [5.41, 5.74) is 5.93. The first-order valence-electron chi connectivity index (χ1n) is 7.67. The van der Waals surface area contributed by atoms with Gasteiger partial charge in [0.05, 0.1) is 17.8 Å². The van der Waals surface area contributed by atoms with E-state index in [1.807, 2.05) is 6.92 Å². The first-order valence-corrected chi connectivity index (χ1v) is 8.05. The smallest absolute Gasteiger partial charge is 0.342 e. The molecule has 0 aliphatic rings. The van der Waals surface area contributed by atoms with Crippen molar-refractivity contribution in [3.8, 4) is 5.75 Å². The molecule has 0 aliphatic heterocycles. The van der Waals surface area contributed by atoms with Crippen molar-refractivity contribution in [3.63, 3.8) is 0 Å². The Morgan fingerprint density at radius 2 is 2.00 bits per heavy atom. The SMILES string of the molecule is CCCNC(=O)[C@@H](C)NC(=O)COC(=O)c1cc(Cl)c(N)cc1OC. The molecular formula is C16H22ClN3O5. The normalized spacial score (nSPS) is 11.4. The summed E-state index contributed by atoms with van der Waals surface area (Å²) in [6.45, 7) is 3.43. The minimum atomic E-state index is -0.794. The Balaban J connectivity index is 2.60. The summed E-state index contributed by atoms with van der Waals surface area (Å²) in [6.07, 6.45) is 0.788. The van der Waals surface area contributed by atoms with Crippen molar-refractivity contribution in [2.24, 2.45) is 0 Å². The minimum Gasteiger partial charge on any atom is -0.496 e. The van der Waals surface area contributed by atoms with E-state index in [-0.39, 0.29) is 27.9 Å². The standard InChI is InChI=1S/C16H22ClN3O5/c1-4-5-19-15(22)9(2)20-14(21)8-25-16(23)10-6-11(17)12(18)7-13(10)24-3/h6-7,9H,4-5,8,18H2,1-3H3,(H,19,22)(H,20,21)/t9-/m1/s1.